The van der Waals surface area contributed by atoms with Crippen molar-refractivity contribution in [2.45, 2.75) is 70.6 Å². The van der Waals surface area contributed by atoms with Crippen molar-refractivity contribution in [3.05, 3.63) is 0 Å². The normalized spacial score (nSPS) is 13.2. The van der Waals surface area contributed by atoms with Gasteiger partial charge in [0.1, 0.15) is 0 Å². The molecule has 0 aliphatic heterocycles. The third-order valence-electron chi connectivity index (χ3n) is 4.30. The average molecular weight is 382 g/mol. The van der Waals surface area contributed by atoms with Crippen LogP contribution in [0.15, 0.2) is 0 Å². The van der Waals surface area contributed by atoms with Gasteiger partial charge in [0.2, 0.25) is 0 Å². The molecule has 0 radical (unpaired) electrons. The van der Waals surface area contributed by atoms with Crippen molar-refractivity contribution < 1.29 is 2.10 Å². The van der Waals surface area contributed by atoms with Crippen LogP contribution in [-0.4, -0.2) is 32.4 Å². The zero-order valence-electron chi connectivity index (χ0n) is 11.7. The van der Waals surface area contributed by atoms with Gasteiger partial charge in [0.25, 0.3) is 0 Å². The van der Waals surface area contributed by atoms with Crippen LogP contribution in [0.1, 0.15) is 41.5 Å². The molecule has 1 nitrogen and oxygen atoms in total. The molecule has 0 aromatic carbocycles. The van der Waals surface area contributed by atoms with Crippen LogP contribution in [0, 0.1) is 0 Å². The van der Waals surface area contributed by atoms with Gasteiger partial charge in [-0.25, -0.2) is 0 Å². The molecule has 15 heavy (non-hydrogen) atoms. The van der Waals surface area contributed by atoms with E-state index in [1.54, 1.807) is 0 Å². The number of hydrogen-bond donors (Lipinski definition) is 0. The van der Waals surface area contributed by atoms with Gasteiger partial charge in [-0.15, -0.1) is 0 Å². The van der Waals surface area contributed by atoms with Crippen molar-refractivity contribution in [1.82, 2.24) is 0 Å². The van der Waals surface area contributed by atoms with E-state index >= 15 is 0 Å². The first-order chi connectivity index (χ1) is 7.07. The summed E-state index contributed by atoms with van der Waals surface area (Å²) >= 11 is -3.97. The van der Waals surface area contributed by atoms with Crippen molar-refractivity contribution in [1.29, 1.82) is 0 Å². The molecule has 0 bridgehead atoms. The van der Waals surface area contributed by atoms with Crippen molar-refractivity contribution in [3.8, 4) is 0 Å². The topological polar surface area (TPSA) is 9.23 Å². The quantitative estimate of drug-likeness (QED) is 0.537. The van der Waals surface area contributed by atoms with Crippen molar-refractivity contribution in [2.24, 2.45) is 0 Å². The van der Waals surface area contributed by atoms with Crippen molar-refractivity contribution in [3.63, 3.8) is 0 Å². The van der Waals surface area contributed by atoms with Crippen LogP contribution in [0.5, 0.6) is 0 Å². The van der Waals surface area contributed by atoms with E-state index in [1.807, 2.05) is 0 Å². The van der Waals surface area contributed by atoms with Gasteiger partial charge >= 0.3 is 105 Å². The molecule has 0 aliphatic carbocycles. The molecule has 0 atom stereocenters. The maximum absolute atomic E-state index is 6.92. The second-order valence-electron chi connectivity index (χ2n) is 4.59. The molecule has 0 N–H and O–H groups in total. The second-order valence-corrected chi connectivity index (χ2v) is 30.3. The Labute approximate surface area is 104 Å². The van der Waals surface area contributed by atoms with E-state index in [2.05, 4.69) is 41.5 Å². The third-order valence-corrected chi connectivity index (χ3v) is 38.1. The SMILES string of the molecule is C[CH2][Ge]([CH2]C)([CH2]C)[O][Sn]([CH2]C)([CH2]C)[CH2]C. The summed E-state index contributed by atoms with van der Waals surface area (Å²) in [6, 6.07) is 0. The standard InChI is InChI=1S/C6H15GeO.3C2H5.Sn/c1-4-7(8,5-2)6-3;3*1-2;/h4-6H2,1-3H3;3*1H2,2H3;/q-1;;;;+1. The predicted octanol–water partition coefficient (Wildman–Crippen LogP) is 5.01. The summed E-state index contributed by atoms with van der Waals surface area (Å²) in [5, 5.41) is 4.10. The van der Waals surface area contributed by atoms with Crippen LogP contribution < -0.4 is 0 Å². The summed E-state index contributed by atoms with van der Waals surface area (Å²) in [6.45, 7) is 14.2. The predicted molar refractivity (Wildman–Crippen MR) is 75.5 cm³/mol. The molecule has 0 heterocycles. The Bertz CT molecular complexity index is 130. The zero-order valence-corrected chi connectivity index (χ0v) is 16.6. The third kappa shape index (κ3) is 4.23. The first-order valence-corrected chi connectivity index (χ1v) is 19.3. The first kappa shape index (κ1) is 16.3. The van der Waals surface area contributed by atoms with E-state index in [-0.39, 0.29) is 0 Å². The minimum absolute atomic E-state index is 1.37. The Morgan fingerprint density at radius 1 is 0.733 bits per heavy atom. The first-order valence-electron chi connectivity index (χ1n) is 6.77. The molecule has 0 aromatic rings. The summed E-state index contributed by atoms with van der Waals surface area (Å²) in [7, 11) is 0. The van der Waals surface area contributed by atoms with Crippen LogP contribution in [0.2, 0.25) is 29.1 Å². The van der Waals surface area contributed by atoms with Crippen LogP contribution in [0.25, 0.3) is 0 Å². The number of hydrogen-bond acceptors (Lipinski definition) is 1. The zero-order chi connectivity index (χ0) is 11.9. The molecule has 0 saturated carbocycles. The molecule has 0 spiro atoms. The van der Waals surface area contributed by atoms with E-state index in [0.717, 1.165) is 0 Å². The summed E-state index contributed by atoms with van der Waals surface area (Å²) in [5.74, 6) is 0. The van der Waals surface area contributed by atoms with Crippen LogP contribution >= 0.6 is 0 Å². The summed E-state index contributed by atoms with van der Waals surface area (Å²) in [5.41, 5.74) is 0. The van der Waals surface area contributed by atoms with E-state index in [9.17, 15) is 0 Å². The molecule has 0 rings (SSSR count). The van der Waals surface area contributed by atoms with Crippen LogP contribution in [0.4, 0.5) is 0 Å². The van der Waals surface area contributed by atoms with E-state index in [1.165, 1.54) is 29.1 Å². The van der Waals surface area contributed by atoms with Gasteiger partial charge < -0.3 is 0 Å². The summed E-state index contributed by atoms with van der Waals surface area (Å²) < 4.78 is 11.1. The average Bonchev–Trinajstić information content (AvgIpc) is 2.33. The van der Waals surface area contributed by atoms with Gasteiger partial charge in [0, 0.05) is 0 Å². The molecular weight excluding hydrogens is 351 g/mol. The molecule has 3 heteroatoms. The van der Waals surface area contributed by atoms with Gasteiger partial charge in [0.15, 0.2) is 0 Å². The summed E-state index contributed by atoms with van der Waals surface area (Å²) in [4.78, 5) is 0. The van der Waals surface area contributed by atoms with E-state index in [4.69, 9.17) is 2.10 Å². The molecule has 0 aliphatic rings. The van der Waals surface area contributed by atoms with Crippen molar-refractivity contribution >= 4 is 32.4 Å². The van der Waals surface area contributed by atoms with Gasteiger partial charge in [-0.3, -0.25) is 0 Å². The van der Waals surface area contributed by atoms with Gasteiger partial charge in [-0.05, 0) is 0 Å². The second kappa shape index (κ2) is 7.59. The van der Waals surface area contributed by atoms with Gasteiger partial charge in [-0.1, -0.05) is 0 Å². The van der Waals surface area contributed by atoms with Crippen LogP contribution in [0.3, 0.4) is 0 Å². The fourth-order valence-electron chi connectivity index (χ4n) is 2.39. The molecule has 0 amide bonds. The molecule has 0 unspecified atom stereocenters. The Hall–Kier alpha value is 1.30. The molecule has 0 saturated heterocycles. The minimum atomic E-state index is -2.12. The van der Waals surface area contributed by atoms with Crippen molar-refractivity contribution in [2.75, 3.05) is 0 Å². The Kier molecular flexibility index (Phi) is 8.25. The van der Waals surface area contributed by atoms with E-state index < -0.39 is 32.4 Å². The monoisotopic (exact) mass is 384 g/mol. The maximum atomic E-state index is 6.92. The summed E-state index contributed by atoms with van der Waals surface area (Å²) in [6.07, 6.45) is 0. The Morgan fingerprint density at radius 2 is 1.07 bits per heavy atom. The molecule has 92 valence electrons. The van der Waals surface area contributed by atoms with Gasteiger partial charge in [-0.2, -0.15) is 0 Å². The molecule has 0 aromatic heterocycles. The molecule has 0 fully saturated rings. The fraction of sp³-hybridized carbons (Fsp3) is 1.00. The van der Waals surface area contributed by atoms with Crippen LogP contribution in [-0.2, 0) is 2.10 Å². The Balaban J connectivity index is 4.74. The fourth-order valence-corrected chi connectivity index (χ4v) is 40.0. The van der Waals surface area contributed by atoms with E-state index in [0.29, 0.717) is 0 Å². The number of rotatable bonds is 8. The molecular formula is C12H30GeOSn. The van der Waals surface area contributed by atoms with Gasteiger partial charge in [0.05, 0.1) is 0 Å². The Morgan fingerprint density at radius 3 is 1.27 bits per heavy atom.